The first kappa shape index (κ1) is 10.8. The molecule has 14 heavy (non-hydrogen) atoms. The second-order valence-corrected chi connectivity index (χ2v) is 3.77. The van der Waals surface area contributed by atoms with Gasteiger partial charge in [-0.15, -0.1) is 0 Å². The smallest absolute Gasteiger partial charge is 0.0468 e. The van der Waals surface area contributed by atoms with E-state index < -0.39 is 0 Å². The quantitative estimate of drug-likeness (QED) is 0.778. The van der Waals surface area contributed by atoms with Crippen molar-refractivity contribution >= 4 is 5.70 Å². The van der Waals surface area contributed by atoms with Gasteiger partial charge < -0.3 is 5.73 Å². The summed E-state index contributed by atoms with van der Waals surface area (Å²) in [6.07, 6.45) is 1.90. The van der Waals surface area contributed by atoms with E-state index in [1.807, 2.05) is 32.1 Å². The Hall–Kier alpha value is -1.31. The molecular weight excluding hydrogens is 172 g/mol. The standard InChI is InChI=1S/C12H18N2/c1-5-11(13)10-6-7-12(8(2)3)14-9(10)4/h5-8H,13H2,1-4H3/b11-5+. The van der Waals surface area contributed by atoms with E-state index in [1.54, 1.807) is 0 Å². The lowest BCUT2D eigenvalue weighted by molar-refractivity contribution is 0.814. The Kier molecular flexibility index (Phi) is 3.28. The molecular formula is C12H18N2. The molecule has 1 heterocycles. The molecule has 76 valence electrons. The third kappa shape index (κ3) is 2.13. The zero-order valence-electron chi connectivity index (χ0n) is 9.33. The van der Waals surface area contributed by atoms with Gasteiger partial charge in [-0.1, -0.05) is 19.9 Å². The molecule has 0 radical (unpaired) electrons. The first-order valence-electron chi connectivity index (χ1n) is 4.96. The van der Waals surface area contributed by atoms with Gasteiger partial charge >= 0.3 is 0 Å². The molecule has 0 atom stereocenters. The minimum absolute atomic E-state index is 0.467. The number of hydrogen-bond acceptors (Lipinski definition) is 2. The summed E-state index contributed by atoms with van der Waals surface area (Å²) in [6, 6.07) is 4.09. The van der Waals surface area contributed by atoms with Crippen molar-refractivity contribution in [2.24, 2.45) is 5.73 Å². The van der Waals surface area contributed by atoms with E-state index in [0.717, 1.165) is 22.6 Å². The molecule has 0 aliphatic rings. The van der Waals surface area contributed by atoms with Crippen molar-refractivity contribution in [1.29, 1.82) is 0 Å². The maximum absolute atomic E-state index is 5.84. The zero-order valence-corrected chi connectivity index (χ0v) is 9.33. The summed E-state index contributed by atoms with van der Waals surface area (Å²) in [7, 11) is 0. The Bertz CT molecular complexity index is 351. The van der Waals surface area contributed by atoms with E-state index in [4.69, 9.17) is 5.73 Å². The molecule has 2 heteroatoms. The number of nitrogens with zero attached hydrogens (tertiary/aromatic N) is 1. The molecule has 0 aliphatic heterocycles. The average molecular weight is 190 g/mol. The highest BCUT2D eigenvalue weighted by molar-refractivity contribution is 5.64. The van der Waals surface area contributed by atoms with Crippen molar-refractivity contribution in [2.45, 2.75) is 33.6 Å². The van der Waals surface area contributed by atoms with Crippen molar-refractivity contribution < 1.29 is 0 Å². The molecule has 0 saturated heterocycles. The summed E-state index contributed by atoms with van der Waals surface area (Å²) < 4.78 is 0. The van der Waals surface area contributed by atoms with Gasteiger partial charge in [-0.25, -0.2) is 0 Å². The van der Waals surface area contributed by atoms with Crippen LogP contribution in [0.25, 0.3) is 5.70 Å². The highest BCUT2D eigenvalue weighted by atomic mass is 14.7. The van der Waals surface area contributed by atoms with Gasteiger partial charge in [0.1, 0.15) is 0 Å². The van der Waals surface area contributed by atoms with Gasteiger partial charge in [0.2, 0.25) is 0 Å². The number of pyridine rings is 1. The highest BCUT2D eigenvalue weighted by Gasteiger charge is 2.05. The van der Waals surface area contributed by atoms with Gasteiger partial charge in [0.05, 0.1) is 0 Å². The topological polar surface area (TPSA) is 38.9 Å². The van der Waals surface area contributed by atoms with Crippen LogP contribution in [0, 0.1) is 6.92 Å². The van der Waals surface area contributed by atoms with E-state index in [-0.39, 0.29) is 0 Å². The Balaban J connectivity index is 3.14. The summed E-state index contributed by atoms with van der Waals surface area (Å²) >= 11 is 0. The van der Waals surface area contributed by atoms with Gasteiger partial charge in [-0.2, -0.15) is 0 Å². The van der Waals surface area contributed by atoms with Crippen LogP contribution in [0.2, 0.25) is 0 Å². The largest absolute Gasteiger partial charge is 0.398 e. The van der Waals surface area contributed by atoms with E-state index in [9.17, 15) is 0 Å². The molecule has 0 amide bonds. The van der Waals surface area contributed by atoms with Crippen LogP contribution in [0.4, 0.5) is 0 Å². The number of rotatable bonds is 2. The van der Waals surface area contributed by atoms with Crippen molar-refractivity contribution in [2.75, 3.05) is 0 Å². The second-order valence-electron chi connectivity index (χ2n) is 3.77. The van der Waals surface area contributed by atoms with E-state index in [0.29, 0.717) is 5.92 Å². The first-order valence-corrected chi connectivity index (χ1v) is 4.96. The van der Waals surface area contributed by atoms with E-state index >= 15 is 0 Å². The van der Waals surface area contributed by atoms with Crippen LogP contribution in [0.5, 0.6) is 0 Å². The molecule has 0 aromatic carbocycles. The molecule has 0 spiro atoms. The molecule has 2 nitrogen and oxygen atoms in total. The van der Waals surface area contributed by atoms with Gasteiger partial charge in [-0.3, -0.25) is 4.98 Å². The predicted octanol–water partition coefficient (Wildman–Crippen LogP) is 2.83. The van der Waals surface area contributed by atoms with Gasteiger partial charge in [0, 0.05) is 22.6 Å². The SMILES string of the molecule is C/C=C(/N)c1ccc(C(C)C)nc1C. The fourth-order valence-corrected chi connectivity index (χ4v) is 1.36. The normalized spacial score (nSPS) is 12.2. The van der Waals surface area contributed by atoms with Gasteiger partial charge in [0.25, 0.3) is 0 Å². The molecule has 2 N–H and O–H groups in total. The summed E-state index contributed by atoms with van der Waals surface area (Å²) in [6.45, 7) is 8.21. The monoisotopic (exact) mass is 190 g/mol. The predicted molar refractivity (Wildman–Crippen MR) is 60.9 cm³/mol. The number of aryl methyl sites for hydroxylation is 1. The lowest BCUT2D eigenvalue weighted by Gasteiger charge is -2.09. The Morgan fingerprint density at radius 3 is 2.50 bits per heavy atom. The molecule has 1 aromatic heterocycles. The zero-order chi connectivity index (χ0) is 10.7. The average Bonchev–Trinajstić information content (AvgIpc) is 2.16. The highest BCUT2D eigenvalue weighted by Crippen LogP contribution is 2.17. The van der Waals surface area contributed by atoms with E-state index in [1.165, 1.54) is 0 Å². The van der Waals surface area contributed by atoms with Crippen LogP contribution in [-0.4, -0.2) is 4.98 Å². The lowest BCUT2D eigenvalue weighted by atomic mass is 10.1. The Morgan fingerprint density at radius 1 is 1.43 bits per heavy atom. The van der Waals surface area contributed by atoms with Crippen LogP contribution in [0.1, 0.15) is 43.6 Å². The second kappa shape index (κ2) is 4.27. The van der Waals surface area contributed by atoms with Crippen LogP contribution in [0.15, 0.2) is 18.2 Å². The minimum atomic E-state index is 0.467. The van der Waals surface area contributed by atoms with Crippen molar-refractivity contribution in [3.8, 4) is 0 Å². The van der Waals surface area contributed by atoms with Crippen LogP contribution < -0.4 is 5.73 Å². The number of aromatic nitrogens is 1. The lowest BCUT2D eigenvalue weighted by Crippen LogP contribution is -2.02. The number of hydrogen-bond donors (Lipinski definition) is 1. The summed E-state index contributed by atoms with van der Waals surface area (Å²) in [5.41, 5.74) is 9.80. The Labute approximate surface area is 85.9 Å². The first-order chi connectivity index (χ1) is 6.56. The van der Waals surface area contributed by atoms with Gasteiger partial charge in [-0.05, 0) is 31.9 Å². The third-order valence-corrected chi connectivity index (χ3v) is 2.32. The molecule has 0 aliphatic carbocycles. The maximum Gasteiger partial charge on any atom is 0.0468 e. The van der Waals surface area contributed by atoms with Crippen molar-refractivity contribution in [1.82, 2.24) is 4.98 Å². The molecule has 0 fully saturated rings. The molecule has 0 unspecified atom stereocenters. The van der Waals surface area contributed by atoms with Crippen LogP contribution >= 0.6 is 0 Å². The van der Waals surface area contributed by atoms with Crippen LogP contribution in [0.3, 0.4) is 0 Å². The minimum Gasteiger partial charge on any atom is -0.398 e. The van der Waals surface area contributed by atoms with Gasteiger partial charge in [0.15, 0.2) is 0 Å². The fraction of sp³-hybridized carbons (Fsp3) is 0.417. The fourth-order valence-electron chi connectivity index (χ4n) is 1.36. The van der Waals surface area contributed by atoms with Crippen LogP contribution in [-0.2, 0) is 0 Å². The molecule has 0 bridgehead atoms. The molecule has 1 aromatic rings. The summed E-state index contributed by atoms with van der Waals surface area (Å²) in [5.74, 6) is 0.467. The van der Waals surface area contributed by atoms with Crippen molar-refractivity contribution in [3.63, 3.8) is 0 Å². The maximum atomic E-state index is 5.84. The number of allylic oxidation sites excluding steroid dienone is 1. The van der Waals surface area contributed by atoms with E-state index in [2.05, 4.69) is 18.8 Å². The third-order valence-electron chi connectivity index (χ3n) is 2.32. The van der Waals surface area contributed by atoms with Crippen molar-refractivity contribution in [3.05, 3.63) is 35.2 Å². The Morgan fingerprint density at radius 2 is 2.07 bits per heavy atom. The number of nitrogens with two attached hydrogens (primary N) is 1. The summed E-state index contributed by atoms with van der Waals surface area (Å²) in [5, 5.41) is 0. The molecule has 0 saturated carbocycles. The summed E-state index contributed by atoms with van der Waals surface area (Å²) in [4.78, 5) is 4.52. The molecule has 1 rings (SSSR count).